The Morgan fingerprint density at radius 3 is 2.44 bits per heavy atom. The zero-order valence-electron chi connectivity index (χ0n) is 11.2. The molecule has 0 saturated heterocycles. The minimum atomic E-state index is -0.239. The fourth-order valence-electron chi connectivity index (χ4n) is 1.83. The number of likely N-dealkylation sites (N-methyl/N-ethyl adjacent to an activating group) is 2. The predicted octanol–water partition coefficient (Wildman–Crippen LogP) is 2.08. The monoisotopic (exact) mass is 317 g/mol. The minimum absolute atomic E-state index is 0.0972. The Balaban J connectivity index is 2.81. The van der Waals surface area contributed by atoms with Crippen molar-refractivity contribution in [3.05, 3.63) is 34.1 Å². The van der Waals surface area contributed by atoms with Gasteiger partial charge in [0.1, 0.15) is 5.82 Å². The summed E-state index contributed by atoms with van der Waals surface area (Å²) >= 11 is 3.40. The van der Waals surface area contributed by atoms with Crippen LogP contribution in [0.2, 0.25) is 0 Å². The minimum Gasteiger partial charge on any atom is -0.329 e. The molecule has 0 fully saturated rings. The standard InChI is InChI=1S/C13H21BrFN3/c1-17(2)6-7-18(3)13(9-16)11-5-4-10(15)8-12(11)14/h4-5,8,13H,6-7,9,16H2,1-3H3. The molecule has 0 aliphatic rings. The zero-order valence-corrected chi connectivity index (χ0v) is 12.7. The summed E-state index contributed by atoms with van der Waals surface area (Å²) in [7, 11) is 6.12. The maximum atomic E-state index is 13.1. The highest BCUT2D eigenvalue weighted by molar-refractivity contribution is 9.10. The van der Waals surface area contributed by atoms with E-state index in [4.69, 9.17) is 5.73 Å². The topological polar surface area (TPSA) is 32.5 Å². The first-order chi connectivity index (χ1) is 8.45. The van der Waals surface area contributed by atoms with Crippen LogP contribution in [0.1, 0.15) is 11.6 Å². The summed E-state index contributed by atoms with van der Waals surface area (Å²) in [5.74, 6) is -0.239. The van der Waals surface area contributed by atoms with E-state index in [-0.39, 0.29) is 11.9 Å². The Hall–Kier alpha value is -0.490. The molecule has 18 heavy (non-hydrogen) atoms. The summed E-state index contributed by atoms with van der Waals surface area (Å²) in [6, 6.07) is 4.85. The van der Waals surface area contributed by atoms with Crippen LogP contribution < -0.4 is 5.73 Å². The van der Waals surface area contributed by atoms with Gasteiger partial charge in [0, 0.05) is 30.1 Å². The molecule has 0 amide bonds. The van der Waals surface area contributed by atoms with Gasteiger partial charge >= 0.3 is 0 Å². The molecule has 0 spiro atoms. The Morgan fingerprint density at radius 2 is 1.94 bits per heavy atom. The second kappa shape index (κ2) is 7.19. The van der Waals surface area contributed by atoms with Crippen molar-refractivity contribution in [1.82, 2.24) is 9.80 Å². The summed E-state index contributed by atoms with van der Waals surface area (Å²) in [6.45, 7) is 2.39. The van der Waals surface area contributed by atoms with Crippen molar-refractivity contribution in [2.75, 3.05) is 40.8 Å². The lowest BCUT2D eigenvalue weighted by molar-refractivity contribution is 0.222. The van der Waals surface area contributed by atoms with Crippen LogP contribution in [-0.2, 0) is 0 Å². The molecule has 1 aromatic carbocycles. The van der Waals surface area contributed by atoms with Crippen LogP contribution in [0.4, 0.5) is 4.39 Å². The molecule has 0 aliphatic carbocycles. The first-order valence-electron chi connectivity index (χ1n) is 5.95. The summed E-state index contributed by atoms with van der Waals surface area (Å²) in [4.78, 5) is 4.32. The van der Waals surface area contributed by atoms with E-state index in [9.17, 15) is 4.39 Å². The molecule has 102 valence electrons. The smallest absolute Gasteiger partial charge is 0.124 e. The van der Waals surface area contributed by atoms with E-state index in [0.29, 0.717) is 6.54 Å². The van der Waals surface area contributed by atoms with Crippen molar-refractivity contribution in [2.24, 2.45) is 5.73 Å². The van der Waals surface area contributed by atoms with Crippen molar-refractivity contribution >= 4 is 15.9 Å². The number of benzene rings is 1. The molecule has 5 heteroatoms. The molecule has 0 saturated carbocycles. The van der Waals surface area contributed by atoms with E-state index in [0.717, 1.165) is 23.1 Å². The van der Waals surface area contributed by atoms with E-state index >= 15 is 0 Å². The number of nitrogens with zero attached hydrogens (tertiary/aromatic N) is 2. The van der Waals surface area contributed by atoms with Gasteiger partial charge in [-0.2, -0.15) is 0 Å². The van der Waals surface area contributed by atoms with Gasteiger partial charge in [0.05, 0.1) is 0 Å². The predicted molar refractivity (Wildman–Crippen MR) is 77.1 cm³/mol. The highest BCUT2D eigenvalue weighted by atomic mass is 79.9. The van der Waals surface area contributed by atoms with Crippen molar-refractivity contribution in [1.29, 1.82) is 0 Å². The Bertz CT molecular complexity index is 384. The third kappa shape index (κ3) is 4.31. The third-order valence-electron chi connectivity index (χ3n) is 2.98. The fraction of sp³-hybridized carbons (Fsp3) is 0.538. The van der Waals surface area contributed by atoms with Gasteiger partial charge in [-0.15, -0.1) is 0 Å². The molecule has 2 N–H and O–H groups in total. The van der Waals surface area contributed by atoms with Crippen LogP contribution in [0, 0.1) is 5.82 Å². The lowest BCUT2D eigenvalue weighted by Crippen LogP contribution is -2.35. The molecule has 1 rings (SSSR count). The van der Waals surface area contributed by atoms with E-state index in [2.05, 4.69) is 25.7 Å². The van der Waals surface area contributed by atoms with Gasteiger partial charge in [0.25, 0.3) is 0 Å². The molecule has 0 bridgehead atoms. The van der Waals surface area contributed by atoms with Gasteiger partial charge in [-0.25, -0.2) is 4.39 Å². The van der Waals surface area contributed by atoms with Crippen molar-refractivity contribution < 1.29 is 4.39 Å². The maximum absolute atomic E-state index is 13.1. The van der Waals surface area contributed by atoms with E-state index in [1.165, 1.54) is 12.1 Å². The number of hydrogen-bond acceptors (Lipinski definition) is 3. The van der Waals surface area contributed by atoms with Gasteiger partial charge in [0.15, 0.2) is 0 Å². The first-order valence-corrected chi connectivity index (χ1v) is 6.75. The van der Waals surface area contributed by atoms with Gasteiger partial charge < -0.3 is 10.6 Å². The average molecular weight is 318 g/mol. The maximum Gasteiger partial charge on any atom is 0.124 e. The SMILES string of the molecule is CN(C)CCN(C)C(CN)c1ccc(F)cc1Br. The number of rotatable bonds is 6. The summed E-state index contributed by atoms with van der Waals surface area (Å²) in [5.41, 5.74) is 6.88. The molecule has 0 heterocycles. The lowest BCUT2D eigenvalue weighted by atomic mass is 10.1. The quantitative estimate of drug-likeness (QED) is 0.872. The zero-order chi connectivity index (χ0) is 13.7. The van der Waals surface area contributed by atoms with E-state index < -0.39 is 0 Å². The normalized spacial score (nSPS) is 13.3. The lowest BCUT2D eigenvalue weighted by Gasteiger charge is -2.29. The largest absolute Gasteiger partial charge is 0.329 e. The average Bonchev–Trinajstić information content (AvgIpc) is 2.30. The number of nitrogens with two attached hydrogens (primary N) is 1. The third-order valence-corrected chi connectivity index (χ3v) is 3.66. The summed E-state index contributed by atoms with van der Waals surface area (Å²) in [6.07, 6.45) is 0. The molecule has 0 radical (unpaired) electrons. The van der Waals surface area contributed by atoms with Crippen LogP contribution in [-0.4, -0.2) is 50.6 Å². The molecule has 3 nitrogen and oxygen atoms in total. The molecule has 0 aromatic heterocycles. The first kappa shape index (κ1) is 15.6. The van der Waals surface area contributed by atoms with E-state index in [1.54, 1.807) is 6.07 Å². The van der Waals surface area contributed by atoms with Crippen molar-refractivity contribution in [2.45, 2.75) is 6.04 Å². The van der Waals surface area contributed by atoms with E-state index in [1.807, 2.05) is 21.1 Å². The van der Waals surface area contributed by atoms with Gasteiger partial charge in [-0.1, -0.05) is 22.0 Å². The molecule has 1 unspecified atom stereocenters. The second-order valence-electron chi connectivity index (χ2n) is 4.70. The number of halogens is 2. The summed E-state index contributed by atoms with van der Waals surface area (Å²) < 4.78 is 13.9. The van der Waals surface area contributed by atoms with Crippen LogP contribution in [0.5, 0.6) is 0 Å². The number of hydrogen-bond donors (Lipinski definition) is 1. The van der Waals surface area contributed by atoms with Crippen LogP contribution in [0.3, 0.4) is 0 Å². The van der Waals surface area contributed by atoms with Crippen molar-refractivity contribution in [3.8, 4) is 0 Å². The van der Waals surface area contributed by atoms with Crippen molar-refractivity contribution in [3.63, 3.8) is 0 Å². The Kier molecular flexibility index (Phi) is 6.21. The Morgan fingerprint density at radius 1 is 1.28 bits per heavy atom. The highest BCUT2D eigenvalue weighted by Gasteiger charge is 2.18. The molecule has 0 aliphatic heterocycles. The Labute approximate surface area is 117 Å². The molecular formula is C13H21BrFN3. The molecule has 1 aromatic rings. The molecule has 1 atom stereocenters. The second-order valence-corrected chi connectivity index (χ2v) is 5.56. The van der Waals surface area contributed by atoms with Crippen LogP contribution >= 0.6 is 15.9 Å². The highest BCUT2D eigenvalue weighted by Crippen LogP contribution is 2.27. The van der Waals surface area contributed by atoms with Gasteiger partial charge in [-0.3, -0.25) is 4.90 Å². The fourth-order valence-corrected chi connectivity index (χ4v) is 2.44. The molecular weight excluding hydrogens is 297 g/mol. The summed E-state index contributed by atoms with van der Waals surface area (Å²) in [5, 5.41) is 0. The van der Waals surface area contributed by atoms with Gasteiger partial charge in [0.2, 0.25) is 0 Å². The van der Waals surface area contributed by atoms with Gasteiger partial charge in [-0.05, 0) is 38.8 Å². The van der Waals surface area contributed by atoms with Crippen LogP contribution in [0.15, 0.2) is 22.7 Å². The van der Waals surface area contributed by atoms with Crippen LogP contribution in [0.25, 0.3) is 0 Å².